The van der Waals surface area contributed by atoms with E-state index in [-0.39, 0.29) is 11.2 Å². The first-order valence-electron chi connectivity index (χ1n) is 9.23. The minimum atomic E-state index is -0.409. The molecule has 4 rings (SSSR count). The number of fused-ring (bicyclic) bond motifs is 1. The molecule has 0 spiro atoms. The molecule has 0 atom stereocenters. The number of nitrogens with two attached hydrogens (primary N) is 1. The van der Waals surface area contributed by atoms with Crippen molar-refractivity contribution in [3.8, 4) is 11.4 Å². The van der Waals surface area contributed by atoms with E-state index in [4.69, 9.17) is 5.84 Å². The number of aromatic hydroxyl groups is 1. The van der Waals surface area contributed by atoms with Gasteiger partial charge in [-0.25, -0.2) is 5.84 Å². The van der Waals surface area contributed by atoms with Gasteiger partial charge >= 0.3 is 0 Å². The molecule has 7 heteroatoms. The summed E-state index contributed by atoms with van der Waals surface area (Å²) in [5.74, 6) is 5.06. The van der Waals surface area contributed by atoms with Gasteiger partial charge in [0.25, 0.3) is 5.91 Å². The van der Waals surface area contributed by atoms with E-state index in [9.17, 15) is 9.90 Å². The molecule has 1 saturated carbocycles. The highest BCUT2D eigenvalue weighted by atomic mass is 16.3. The fourth-order valence-electron chi connectivity index (χ4n) is 4.02. The van der Waals surface area contributed by atoms with Crippen LogP contribution in [0.3, 0.4) is 0 Å². The first-order valence-corrected chi connectivity index (χ1v) is 9.23. The number of carbonyl (C=O) groups is 1. The molecule has 0 radical (unpaired) electrons. The van der Waals surface area contributed by atoms with Crippen molar-refractivity contribution in [2.45, 2.75) is 44.4 Å². The van der Waals surface area contributed by atoms with Gasteiger partial charge in [0.05, 0.1) is 0 Å². The third-order valence-electron chi connectivity index (χ3n) is 5.59. The zero-order valence-corrected chi connectivity index (χ0v) is 15.3. The summed E-state index contributed by atoms with van der Waals surface area (Å²) in [6, 6.07) is 10.8. The van der Waals surface area contributed by atoms with Crippen molar-refractivity contribution >= 4 is 16.9 Å². The van der Waals surface area contributed by atoms with Gasteiger partial charge in [-0.15, -0.1) is 15.0 Å². The van der Waals surface area contributed by atoms with Gasteiger partial charge in [0, 0.05) is 11.1 Å². The molecule has 0 aliphatic heterocycles. The van der Waals surface area contributed by atoms with Gasteiger partial charge < -0.3 is 5.11 Å². The van der Waals surface area contributed by atoms with Crippen molar-refractivity contribution in [3.63, 3.8) is 0 Å². The summed E-state index contributed by atoms with van der Waals surface area (Å²) in [5.41, 5.74) is 4.93. The minimum Gasteiger partial charge on any atom is -0.505 e. The Morgan fingerprint density at radius 3 is 2.37 bits per heavy atom. The number of rotatable bonds is 3. The van der Waals surface area contributed by atoms with Gasteiger partial charge in [-0.1, -0.05) is 38.3 Å². The molecule has 1 aliphatic carbocycles. The van der Waals surface area contributed by atoms with Gasteiger partial charge in [-0.2, -0.15) is 0 Å². The third-order valence-corrected chi connectivity index (χ3v) is 5.59. The van der Waals surface area contributed by atoms with Gasteiger partial charge in [0.15, 0.2) is 0 Å². The Labute approximate surface area is 157 Å². The fourth-order valence-corrected chi connectivity index (χ4v) is 4.02. The molecule has 2 aromatic carbocycles. The third kappa shape index (κ3) is 3.04. The Balaban J connectivity index is 1.92. The number of hydrogen-bond acceptors (Lipinski definition) is 5. The largest absolute Gasteiger partial charge is 0.505 e. The van der Waals surface area contributed by atoms with Gasteiger partial charge in [-0.3, -0.25) is 10.2 Å². The fraction of sp³-hybridized carbons (Fsp3) is 0.350. The smallest absolute Gasteiger partial charge is 0.265 e. The van der Waals surface area contributed by atoms with Crippen molar-refractivity contribution < 1.29 is 9.90 Å². The van der Waals surface area contributed by atoms with E-state index >= 15 is 0 Å². The van der Waals surface area contributed by atoms with Crippen molar-refractivity contribution in [1.29, 1.82) is 0 Å². The van der Waals surface area contributed by atoms with Crippen LogP contribution in [0, 0.1) is 0 Å². The van der Waals surface area contributed by atoms with E-state index < -0.39 is 5.91 Å². The Morgan fingerprint density at radius 2 is 1.78 bits per heavy atom. The summed E-state index contributed by atoms with van der Waals surface area (Å²) in [6.45, 7) is 2.14. The molecule has 0 bridgehead atoms. The van der Waals surface area contributed by atoms with Crippen molar-refractivity contribution in [2.24, 2.45) is 5.84 Å². The average molecular weight is 365 g/mol. The minimum absolute atomic E-state index is 0.119. The lowest BCUT2D eigenvalue weighted by Crippen LogP contribution is -2.31. The highest BCUT2D eigenvalue weighted by Crippen LogP contribution is 2.44. The lowest BCUT2D eigenvalue weighted by Gasteiger charge is -2.35. The topological polar surface area (TPSA) is 106 Å². The van der Waals surface area contributed by atoms with Crippen LogP contribution in [0.1, 0.15) is 54.9 Å². The average Bonchev–Trinajstić information content (AvgIpc) is 3.12. The normalized spacial score (nSPS) is 16.4. The zero-order valence-electron chi connectivity index (χ0n) is 15.3. The van der Waals surface area contributed by atoms with Gasteiger partial charge in [-0.05, 0) is 42.5 Å². The quantitative estimate of drug-likeness (QED) is 0.376. The van der Waals surface area contributed by atoms with Crippen LogP contribution in [0.5, 0.6) is 5.75 Å². The predicted octanol–water partition coefficient (Wildman–Crippen LogP) is 2.95. The Bertz CT molecular complexity index is 972. The van der Waals surface area contributed by atoms with E-state index in [0.29, 0.717) is 11.3 Å². The molecule has 27 heavy (non-hydrogen) atoms. The molecule has 1 aromatic heterocycles. The van der Waals surface area contributed by atoms with Crippen LogP contribution >= 0.6 is 0 Å². The van der Waals surface area contributed by atoms with E-state index in [1.807, 2.05) is 24.3 Å². The van der Waals surface area contributed by atoms with Crippen molar-refractivity contribution in [3.05, 3.63) is 47.5 Å². The SMILES string of the molecule is CC1(c2cc(C(=O)NN)cc(-n3nc4ccccc4n3)c2O)CCCCC1. The Hall–Kier alpha value is -2.93. The van der Waals surface area contributed by atoms with Crippen molar-refractivity contribution in [1.82, 2.24) is 20.4 Å². The number of phenolic OH excluding ortho intramolecular Hbond substituents is 1. The number of aromatic nitrogens is 3. The van der Waals surface area contributed by atoms with Crippen molar-refractivity contribution in [2.75, 3.05) is 0 Å². The molecule has 1 heterocycles. The summed E-state index contributed by atoms with van der Waals surface area (Å²) < 4.78 is 0. The molecule has 3 aromatic rings. The number of benzene rings is 2. The predicted molar refractivity (Wildman–Crippen MR) is 103 cm³/mol. The monoisotopic (exact) mass is 365 g/mol. The summed E-state index contributed by atoms with van der Waals surface area (Å²) >= 11 is 0. The lowest BCUT2D eigenvalue weighted by atomic mass is 9.70. The number of nitrogens with zero attached hydrogens (tertiary/aromatic N) is 3. The molecular formula is C20H23N5O2. The molecule has 1 fully saturated rings. The summed E-state index contributed by atoms with van der Waals surface area (Å²) in [5, 5.41) is 20.0. The van der Waals surface area contributed by atoms with Crippen LogP contribution in [0.15, 0.2) is 36.4 Å². The second kappa shape index (κ2) is 6.66. The van der Waals surface area contributed by atoms with E-state index in [1.54, 1.807) is 12.1 Å². The number of nitrogen functional groups attached to an aromatic ring is 1. The van der Waals surface area contributed by atoms with Crippen LogP contribution in [-0.4, -0.2) is 26.0 Å². The number of carbonyl (C=O) groups excluding carboxylic acids is 1. The lowest BCUT2D eigenvalue weighted by molar-refractivity contribution is 0.0953. The van der Waals surface area contributed by atoms with Crippen LogP contribution < -0.4 is 11.3 Å². The standard InChI is InChI=1S/C20H23N5O2/c1-20(9-5-2-6-10-20)14-11-13(19(27)22-21)12-17(18(14)26)25-23-15-7-3-4-8-16(15)24-25/h3-4,7-8,11-12,26H,2,5-6,9-10,21H2,1H3,(H,22,27). The van der Waals surface area contributed by atoms with E-state index in [1.165, 1.54) is 11.2 Å². The maximum Gasteiger partial charge on any atom is 0.265 e. The van der Waals surface area contributed by atoms with Crippen LogP contribution in [0.4, 0.5) is 0 Å². The summed E-state index contributed by atoms with van der Waals surface area (Å²) in [7, 11) is 0. The van der Waals surface area contributed by atoms with Crippen LogP contribution in [-0.2, 0) is 5.41 Å². The molecule has 4 N–H and O–H groups in total. The molecule has 0 unspecified atom stereocenters. The molecule has 7 nitrogen and oxygen atoms in total. The van der Waals surface area contributed by atoms with Crippen LogP contribution in [0.25, 0.3) is 16.7 Å². The Morgan fingerprint density at radius 1 is 1.15 bits per heavy atom. The molecule has 1 aliphatic rings. The molecule has 0 saturated heterocycles. The number of nitrogens with one attached hydrogen (secondary N) is 1. The van der Waals surface area contributed by atoms with Crippen LogP contribution in [0.2, 0.25) is 0 Å². The highest BCUT2D eigenvalue weighted by molar-refractivity contribution is 5.95. The zero-order chi connectivity index (χ0) is 19.0. The van der Waals surface area contributed by atoms with E-state index in [0.717, 1.165) is 42.3 Å². The summed E-state index contributed by atoms with van der Waals surface area (Å²) in [6.07, 6.45) is 5.31. The first kappa shape index (κ1) is 17.5. The molecule has 140 valence electrons. The number of amides is 1. The van der Waals surface area contributed by atoms with Gasteiger partial charge in [0.2, 0.25) is 0 Å². The first-order chi connectivity index (χ1) is 13.0. The summed E-state index contributed by atoms with van der Waals surface area (Å²) in [4.78, 5) is 13.6. The second-order valence-corrected chi connectivity index (χ2v) is 7.46. The number of hydrogen-bond donors (Lipinski definition) is 3. The second-order valence-electron chi connectivity index (χ2n) is 7.46. The maximum absolute atomic E-state index is 12.3. The van der Waals surface area contributed by atoms with E-state index in [2.05, 4.69) is 22.5 Å². The Kier molecular flexibility index (Phi) is 4.31. The molecular weight excluding hydrogens is 342 g/mol. The maximum atomic E-state index is 12.3. The highest BCUT2D eigenvalue weighted by Gasteiger charge is 2.33. The van der Waals surface area contributed by atoms with Gasteiger partial charge in [0.1, 0.15) is 22.5 Å². The number of hydrazine groups is 1. The number of phenols is 1. The molecule has 1 amide bonds.